The van der Waals surface area contributed by atoms with Gasteiger partial charge in [0, 0.05) is 36.7 Å². The van der Waals surface area contributed by atoms with E-state index >= 15 is 0 Å². The highest BCUT2D eigenvalue weighted by atomic mass is 35.5. The number of nitrogens with zero attached hydrogens (tertiary/aromatic N) is 2. The SMILES string of the molecule is O=C(CCc1nccc(N2CCC3(CC2)COc2ccccc23)c1Cl)CC(F)(F)F. The van der Waals surface area contributed by atoms with Crippen LogP contribution in [0.1, 0.15) is 36.9 Å². The minimum absolute atomic E-state index is 0.0133. The number of pyridine rings is 1. The molecule has 0 bridgehead atoms. The molecule has 0 unspecified atom stereocenters. The Morgan fingerprint density at radius 2 is 1.93 bits per heavy atom. The summed E-state index contributed by atoms with van der Waals surface area (Å²) in [6.07, 6.45) is -2.59. The fraction of sp³-hybridized carbons (Fsp3) is 0.455. The fourth-order valence-corrected chi connectivity index (χ4v) is 4.70. The molecule has 0 saturated carbocycles. The summed E-state index contributed by atoms with van der Waals surface area (Å²) in [5.74, 6) is 0.101. The number of Topliss-reactive ketones (excluding diaryl/α,β-unsaturated/α-hetero) is 1. The van der Waals surface area contributed by atoms with Gasteiger partial charge in [0.05, 0.1) is 23.0 Å². The molecule has 2 aromatic rings. The van der Waals surface area contributed by atoms with Crippen molar-refractivity contribution in [1.29, 1.82) is 0 Å². The molecule has 1 spiro atoms. The molecule has 30 heavy (non-hydrogen) atoms. The molecule has 2 aliphatic rings. The number of fused-ring (bicyclic) bond motifs is 2. The molecule has 1 saturated heterocycles. The van der Waals surface area contributed by atoms with Gasteiger partial charge in [0.25, 0.3) is 0 Å². The number of ether oxygens (including phenoxy) is 1. The maximum Gasteiger partial charge on any atom is 0.395 e. The van der Waals surface area contributed by atoms with Crippen LogP contribution in [0, 0.1) is 0 Å². The molecule has 2 aliphatic heterocycles. The molecular formula is C22H22ClF3N2O2. The highest BCUT2D eigenvalue weighted by Gasteiger charge is 2.43. The Hall–Kier alpha value is -2.28. The highest BCUT2D eigenvalue weighted by Crippen LogP contribution is 2.46. The van der Waals surface area contributed by atoms with Crippen molar-refractivity contribution in [3.63, 3.8) is 0 Å². The maximum atomic E-state index is 12.4. The summed E-state index contributed by atoms with van der Waals surface area (Å²) in [5, 5.41) is 0.413. The van der Waals surface area contributed by atoms with E-state index < -0.39 is 18.4 Å². The number of alkyl halides is 3. The summed E-state index contributed by atoms with van der Waals surface area (Å²) < 4.78 is 43.0. The third kappa shape index (κ3) is 4.26. The van der Waals surface area contributed by atoms with Gasteiger partial charge in [-0.3, -0.25) is 9.78 Å². The van der Waals surface area contributed by atoms with E-state index in [0.29, 0.717) is 17.3 Å². The third-order valence-corrected chi connectivity index (χ3v) is 6.41. The monoisotopic (exact) mass is 438 g/mol. The highest BCUT2D eigenvalue weighted by molar-refractivity contribution is 6.33. The molecule has 1 aromatic heterocycles. The number of carbonyl (C=O) groups is 1. The van der Waals surface area contributed by atoms with E-state index in [1.54, 1.807) is 6.20 Å². The van der Waals surface area contributed by atoms with Gasteiger partial charge in [-0.2, -0.15) is 13.2 Å². The molecule has 3 heterocycles. The Kier molecular flexibility index (Phi) is 5.66. The molecule has 0 aliphatic carbocycles. The maximum absolute atomic E-state index is 12.4. The van der Waals surface area contributed by atoms with Gasteiger partial charge < -0.3 is 9.64 Å². The standard InChI is InChI=1S/C22H22ClF3N2O2/c23-20-17(6-5-15(29)13-22(24,25)26)27-10-7-18(20)28-11-8-21(9-12-28)14-30-19-4-2-1-3-16(19)21/h1-4,7,10H,5-6,8-9,11-14H2. The fourth-order valence-electron chi connectivity index (χ4n) is 4.38. The lowest BCUT2D eigenvalue weighted by Crippen LogP contribution is -2.43. The number of piperidine rings is 1. The molecule has 4 nitrogen and oxygen atoms in total. The zero-order valence-corrected chi connectivity index (χ0v) is 17.1. The van der Waals surface area contributed by atoms with Gasteiger partial charge in [0.2, 0.25) is 0 Å². The van der Waals surface area contributed by atoms with Gasteiger partial charge in [-0.25, -0.2) is 0 Å². The summed E-state index contributed by atoms with van der Waals surface area (Å²) in [7, 11) is 0. The molecule has 1 aromatic carbocycles. The minimum Gasteiger partial charge on any atom is -0.492 e. The first-order valence-corrected chi connectivity index (χ1v) is 10.3. The average molecular weight is 439 g/mol. The van der Waals surface area contributed by atoms with Crippen molar-refractivity contribution in [1.82, 2.24) is 4.98 Å². The molecular weight excluding hydrogens is 417 g/mol. The number of halogens is 4. The van der Waals surface area contributed by atoms with Crippen LogP contribution in [-0.2, 0) is 16.6 Å². The number of aryl methyl sites for hydroxylation is 1. The Morgan fingerprint density at radius 3 is 2.67 bits per heavy atom. The minimum atomic E-state index is -4.48. The van der Waals surface area contributed by atoms with E-state index in [4.69, 9.17) is 16.3 Å². The second kappa shape index (κ2) is 8.10. The van der Waals surface area contributed by atoms with Crippen molar-refractivity contribution < 1.29 is 22.7 Å². The van der Waals surface area contributed by atoms with Gasteiger partial charge in [-0.05, 0) is 31.4 Å². The van der Waals surface area contributed by atoms with Gasteiger partial charge >= 0.3 is 6.18 Å². The lowest BCUT2D eigenvalue weighted by Gasteiger charge is -2.40. The van der Waals surface area contributed by atoms with E-state index in [1.165, 1.54) is 5.56 Å². The van der Waals surface area contributed by atoms with Gasteiger partial charge in [0.1, 0.15) is 18.0 Å². The van der Waals surface area contributed by atoms with Gasteiger partial charge in [-0.15, -0.1) is 0 Å². The largest absolute Gasteiger partial charge is 0.492 e. The number of benzene rings is 1. The molecule has 0 atom stereocenters. The van der Waals surface area contributed by atoms with E-state index in [2.05, 4.69) is 16.0 Å². The van der Waals surface area contributed by atoms with Crippen molar-refractivity contribution in [2.24, 2.45) is 0 Å². The van der Waals surface area contributed by atoms with Crippen LogP contribution in [0.15, 0.2) is 36.5 Å². The summed E-state index contributed by atoms with van der Waals surface area (Å²) in [4.78, 5) is 17.9. The Balaban J connectivity index is 1.42. The van der Waals surface area contributed by atoms with E-state index in [1.807, 2.05) is 24.3 Å². The molecule has 160 valence electrons. The van der Waals surface area contributed by atoms with E-state index in [9.17, 15) is 18.0 Å². The van der Waals surface area contributed by atoms with Crippen LogP contribution in [0.25, 0.3) is 0 Å². The molecule has 0 N–H and O–H groups in total. The zero-order chi connectivity index (χ0) is 21.4. The smallest absolute Gasteiger partial charge is 0.395 e. The van der Waals surface area contributed by atoms with Crippen molar-refractivity contribution in [2.75, 3.05) is 24.6 Å². The van der Waals surface area contributed by atoms with Crippen LogP contribution in [0.4, 0.5) is 18.9 Å². The summed E-state index contributed by atoms with van der Waals surface area (Å²) in [6.45, 7) is 2.25. The van der Waals surface area contributed by atoms with Gasteiger partial charge in [0.15, 0.2) is 0 Å². The number of para-hydroxylation sites is 1. The van der Waals surface area contributed by atoms with E-state index in [-0.39, 0.29) is 18.3 Å². The number of aromatic nitrogens is 1. The third-order valence-electron chi connectivity index (χ3n) is 6.00. The lowest BCUT2D eigenvalue weighted by atomic mass is 9.74. The van der Waals surface area contributed by atoms with Crippen LogP contribution in [0.3, 0.4) is 0 Å². The summed E-state index contributed by atoms with van der Waals surface area (Å²) in [5.41, 5.74) is 2.54. The molecule has 1 fully saturated rings. The van der Waals surface area contributed by atoms with Crippen molar-refractivity contribution in [3.8, 4) is 5.75 Å². The van der Waals surface area contributed by atoms with Crippen LogP contribution in [0.2, 0.25) is 5.02 Å². The van der Waals surface area contributed by atoms with Crippen LogP contribution in [-0.4, -0.2) is 36.6 Å². The first-order valence-electron chi connectivity index (χ1n) is 9.96. The van der Waals surface area contributed by atoms with Crippen molar-refractivity contribution >= 4 is 23.1 Å². The first kappa shape index (κ1) is 21.0. The Bertz CT molecular complexity index is 940. The second-order valence-corrected chi connectivity index (χ2v) is 8.35. The van der Waals surface area contributed by atoms with Crippen molar-refractivity contribution in [3.05, 3.63) is 52.8 Å². The van der Waals surface area contributed by atoms with Crippen LogP contribution < -0.4 is 9.64 Å². The van der Waals surface area contributed by atoms with Crippen LogP contribution >= 0.6 is 11.6 Å². The Morgan fingerprint density at radius 1 is 1.20 bits per heavy atom. The predicted octanol–water partition coefficient (Wildman–Crippen LogP) is 5.12. The van der Waals surface area contributed by atoms with Crippen LogP contribution in [0.5, 0.6) is 5.75 Å². The summed E-state index contributed by atoms with van der Waals surface area (Å²) in [6, 6.07) is 9.97. The number of hydrogen-bond donors (Lipinski definition) is 0. The lowest BCUT2D eigenvalue weighted by molar-refractivity contribution is -0.152. The summed E-state index contributed by atoms with van der Waals surface area (Å²) >= 11 is 6.53. The predicted molar refractivity (Wildman–Crippen MR) is 108 cm³/mol. The number of carbonyl (C=O) groups excluding carboxylic acids is 1. The second-order valence-electron chi connectivity index (χ2n) is 7.97. The number of anilines is 1. The first-order chi connectivity index (χ1) is 14.3. The van der Waals surface area contributed by atoms with Crippen molar-refractivity contribution in [2.45, 2.75) is 43.7 Å². The average Bonchev–Trinajstić information content (AvgIpc) is 3.05. The zero-order valence-electron chi connectivity index (χ0n) is 16.3. The molecule has 4 rings (SSSR count). The number of hydrogen-bond acceptors (Lipinski definition) is 4. The molecule has 0 amide bonds. The Labute approximate surface area is 178 Å². The van der Waals surface area contributed by atoms with Gasteiger partial charge in [-0.1, -0.05) is 29.8 Å². The number of ketones is 1. The topological polar surface area (TPSA) is 42.4 Å². The number of rotatable bonds is 5. The normalized spacial score (nSPS) is 17.7. The molecule has 0 radical (unpaired) electrons. The van der Waals surface area contributed by atoms with E-state index in [0.717, 1.165) is 37.4 Å². The molecule has 8 heteroatoms. The quantitative estimate of drug-likeness (QED) is 0.649.